The van der Waals surface area contributed by atoms with Crippen molar-refractivity contribution in [2.75, 3.05) is 0 Å². The molecule has 0 bridgehead atoms. The van der Waals surface area contributed by atoms with Gasteiger partial charge in [-0.1, -0.05) is 13.8 Å². The van der Waals surface area contributed by atoms with Crippen LogP contribution in [0.15, 0.2) is 0 Å². The van der Waals surface area contributed by atoms with Gasteiger partial charge < -0.3 is 4.80 Å². The summed E-state index contributed by atoms with van der Waals surface area (Å²) >= 11 is 0. The number of hydrogen-bond acceptors (Lipinski definition) is 1. The van der Waals surface area contributed by atoms with Crippen LogP contribution in [0.4, 0.5) is 0 Å². The minimum absolute atomic E-state index is 0.606. The number of rotatable bonds is 2. The third kappa shape index (κ3) is 6.39. The van der Waals surface area contributed by atoms with Crippen LogP contribution in [0.5, 0.6) is 0 Å². The fourth-order valence-electron chi connectivity index (χ4n) is 0.795. The summed E-state index contributed by atoms with van der Waals surface area (Å²) in [6, 6.07) is 0.934. The molecule has 0 aliphatic rings. The Morgan fingerprint density at radius 3 is 2.00 bits per heavy atom. The summed E-state index contributed by atoms with van der Waals surface area (Å²) in [4.78, 5) is 9.24. The van der Waals surface area contributed by atoms with Crippen molar-refractivity contribution in [3.8, 4) is 0 Å². The van der Waals surface area contributed by atoms with Crippen LogP contribution in [0, 0.1) is 5.92 Å². The lowest BCUT2D eigenvalue weighted by Crippen LogP contribution is -2.32. The predicted molar refractivity (Wildman–Crippen MR) is 39.2 cm³/mol. The highest BCUT2D eigenvalue weighted by molar-refractivity contribution is 7.11. The summed E-state index contributed by atoms with van der Waals surface area (Å²) in [7, 11) is 1.41. The van der Waals surface area contributed by atoms with E-state index in [0.29, 0.717) is 5.92 Å². The van der Waals surface area contributed by atoms with E-state index >= 15 is 0 Å². The maximum atomic E-state index is 9.24. The Morgan fingerprint density at radius 1 is 1.62 bits per heavy atom. The van der Waals surface area contributed by atoms with Crippen molar-refractivity contribution in [1.82, 2.24) is 0 Å². The van der Waals surface area contributed by atoms with Gasteiger partial charge >= 0.3 is 0 Å². The van der Waals surface area contributed by atoms with Crippen LogP contribution >= 0.6 is 0 Å². The van der Waals surface area contributed by atoms with Crippen LogP contribution in [0.3, 0.4) is 0 Å². The zero-order valence-electron chi connectivity index (χ0n) is 5.73. The molecule has 0 aliphatic carbocycles. The van der Waals surface area contributed by atoms with E-state index in [9.17, 15) is 4.80 Å². The molecule has 3 radical (unpaired) electrons. The lowest BCUT2D eigenvalue weighted by Gasteiger charge is -2.15. The molecule has 0 aromatic rings. The normalized spacial score (nSPS) is 18.8. The van der Waals surface area contributed by atoms with Crippen LogP contribution in [0.25, 0.3) is 0 Å². The number of hydrogen-bond donors (Lipinski definition) is 1. The molecule has 1 nitrogen and oxygen atoms in total. The average Bonchev–Trinajstić information content (AvgIpc) is 1.21. The molecule has 47 valence electrons. The molecule has 0 rings (SSSR count). The van der Waals surface area contributed by atoms with Crippen molar-refractivity contribution in [2.45, 2.75) is 26.4 Å². The molecular formula is C5H13OSi2. The zero-order valence-corrected chi connectivity index (χ0v) is 7.73. The first-order chi connectivity index (χ1) is 3.42. The Morgan fingerprint density at radius 2 is 2.00 bits per heavy atom. The minimum atomic E-state index is -1.91. The van der Waals surface area contributed by atoms with Gasteiger partial charge in [-0.15, -0.1) is 0 Å². The van der Waals surface area contributed by atoms with Gasteiger partial charge in [0.2, 0.25) is 0 Å². The molecule has 0 spiro atoms. The van der Waals surface area contributed by atoms with Crippen molar-refractivity contribution >= 4 is 17.6 Å². The topological polar surface area (TPSA) is 20.2 Å². The Balaban J connectivity index is 3.39. The van der Waals surface area contributed by atoms with Gasteiger partial charge in [0.25, 0.3) is 0 Å². The summed E-state index contributed by atoms with van der Waals surface area (Å²) < 4.78 is 0. The highest BCUT2D eigenvalue weighted by atomic mass is 29.2. The lowest BCUT2D eigenvalue weighted by atomic mass is 10.3. The van der Waals surface area contributed by atoms with Crippen molar-refractivity contribution < 1.29 is 4.80 Å². The molecule has 0 aromatic carbocycles. The highest BCUT2D eigenvalue weighted by Crippen LogP contribution is 2.08. The fraction of sp³-hybridized carbons (Fsp3) is 1.00. The average molecular weight is 145 g/mol. The quantitative estimate of drug-likeness (QED) is 0.572. The standard InChI is InChI=1S/C5H13OSi2/c1-5(2)4-8(3,6)7/h5-6H,4H2,1-3H3. The summed E-state index contributed by atoms with van der Waals surface area (Å²) in [6.45, 7) is 6.12. The van der Waals surface area contributed by atoms with Crippen molar-refractivity contribution in [3.05, 3.63) is 0 Å². The van der Waals surface area contributed by atoms with Crippen molar-refractivity contribution in [1.29, 1.82) is 0 Å². The Kier molecular flexibility index (Phi) is 2.94. The predicted octanol–water partition coefficient (Wildman–Crippen LogP) is 0.875. The van der Waals surface area contributed by atoms with E-state index in [2.05, 4.69) is 23.6 Å². The smallest absolute Gasteiger partial charge is 0.164 e. The van der Waals surface area contributed by atoms with E-state index in [4.69, 9.17) is 0 Å². The third-order valence-corrected chi connectivity index (χ3v) is 3.03. The maximum absolute atomic E-state index is 9.24. The van der Waals surface area contributed by atoms with E-state index < -0.39 is 7.83 Å². The van der Waals surface area contributed by atoms with Crippen LogP contribution < -0.4 is 0 Å². The van der Waals surface area contributed by atoms with E-state index in [1.807, 2.05) is 6.55 Å². The Bertz CT molecular complexity index is 65.3. The molecule has 0 amide bonds. The van der Waals surface area contributed by atoms with Crippen molar-refractivity contribution in [3.63, 3.8) is 0 Å². The monoisotopic (exact) mass is 145 g/mol. The summed E-state index contributed by atoms with van der Waals surface area (Å²) in [5.41, 5.74) is 0. The Hall–Kier alpha value is 0.394. The first kappa shape index (κ1) is 8.39. The van der Waals surface area contributed by atoms with E-state index in [0.717, 1.165) is 6.04 Å². The van der Waals surface area contributed by atoms with E-state index in [1.54, 1.807) is 0 Å². The van der Waals surface area contributed by atoms with Gasteiger partial charge in [-0.3, -0.25) is 0 Å². The molecule has 0 heterocycles. The second-order valence-corrected chi connectivity index (χ2v) is 9.06. The van der Waals surface area contributed by atoms with Gasteiger partial charge in [0.1, 0.15) is 0 Å². The fourth-order valence-corrected chi connectivity index (χ4v) is 3.61. The SMILES string of the molecule is CC(C)C[Si](C)(O)[Si]. The van der Waals surface area contributed by atoms with Gasteiger partial charge in [0.15, 0.2) is 7.83 Å². The Labute approximate surface area is 55.5 Å². The van der Waals surface area contributed by atoms with Gasteiger partial charge in [-0.05, 0) is 18.5 Å². The minimum Gasteiger partial charge on any atom is -0.435 e. The lowest BCUT2D eigenvalue weighted by molar-refractivity contribution is 0.544. The van der Waals surface area contributed by atoms with Gasteiger partial charge in [-0.25, -0.2) is 0 Å². The largest absolute Gasteiger partial charge is 0.435 e. The summed E-state index contributed by atoms with van der Waals surface area (Å²) in [5, 5.41) is 0. The molecule has 0 saturated heterocycles. The first-order valence-electron chi connectivity index (χ1n) is 2.89. The van der Waals surface area contributed by atoms with Gasteiger partial charge in [0, 0.05) is 0 Å². The summed E-state index contributed by atoms with van der Waals surface area (Å²) in [6.07, 6.45) is 0. The molecule has 0 fully saturated rings. The van der Waals surface area contributed by atoms with Gasteiger partial charge in [0.05, 0.1) is 9.76 Å². The second-order valence-electron chi connectivity index (χ2n) is 2.87. The maximum Gasteiger partial charge on any atom is 0.164 e. The third-order valence-electron chi connectivity index (χ3n) is 0.806. The van der Waals surface area contributed by atoms with Crippen LogP contribution in [-0.2, 0) is 0 Å². The van der Waals surface area contributed by atoms with Crippen molar-refractivity contribution in [2.24, 2.45) is 5.92 Å². The molecule has 1 atom stereocenters. The molecule has 3 heteroatoms. The van der Waals surface area contributed by atoms with E-state index in [1.165, 1.54) is 0 Å². The first-order valence-corrected chi connectivity index (χ1v) is 7.04. The molecule has 0 aliphatic heterocycles. The van der Waals surface area contributed by atoms with Gasteiger partial charge in [-0.2, -0.15) is 0 Å². The summed E-state index contributed by atoms with van der Waals surface area (Å²) in [5.74, 6) is 0.606. The molecule has 8 heavy (non-hydrogen) atoms. The molecular weight excluding hydrogens is 132 g/mol. The molecule has 1 unspecified atom stereocenters. The molecule has 0 saturated carbocycles. The zero-order chi connectivity index (χ0) is 6.78. The molecule has 1 N–H and O–H groups in total. The van der Waals surface area contributed by atoms with Crippen LogP contribution in [0.1, 0.15) is 13.8 Å². The van der Waals surface area contributed by atoms with Crippen LogP contribution in [0.2, 0.25) is 12.6 Å². The molecule has 0 aromatic heterocycles. The highest BCUT2D eigenvalue weighted by Gasteiger charge is 2.17. The van der Waals surface area contributed by atoms with Crippen LogP contribution in [-0.4, -0.2) is 22.4 Å². The second kappa shape index (κ2) is 2.80. The van der Waals surface area contributed by atoms with E-state index in [-0.39, 0.29) is 0 Å².